The van der Waals surface area contributed by atoms with E-state index in [1.165, 1.54) is 0 Å². The Hall–Kier alpha value is -1.49. The average Bonchev–Trinajstić information content (AvgIpc) is 2.63. The maximum Gasteiger partial charge on any atom is 0.315 e. The first-order valence-corrected chi connectivity index (χ1v) is 6.63. The van der Waals surface area contributed by atoms with Crippen LogP contribution in [-0.4, -0.2) is 23.8 Å². The van der Waals surface area contributed by atoms with E-state index in [4.69, 9.17) is 4.42 Å². The molecule has 0 radical (unpaired) electrons. The minimum Gasteiger partial charge on any atom is -0.466 e. The third-order valence-electron chi connectivity index (χ3n) is 2.89. The SMILES string of the molecule is Cc1cc(CNC(=O)NC(CO)CC(C)C)c(C)o1. The quantitative estimate of drug-likeness (QED) is 0.739. The van der Waals surface area contributed by atoms with Gasteiger partial charge >= 0.3 is 6.03 Å². The van der Waals surface area contributed by atoms with Gasteiger partial charge in [0.05, 0.1) is 12.6 Å². The van der Waals surface area contributed by atoms with Crippen molar-refractivity contribution in [3.63, 3.8) is 0 Å². The van der Waals surface area contributed by atoms with Crippen molar-refractivity contribution < 1.29 is 14.3 Å². The molecule has 2 amide bonds. The standard InChI is InChI=1S/C14H24N2O3/c1-9(2)5-13(8-17)16-14(18)15-7-12-6-10(3)19-11(12)4/h6,9,13,17H,5,7-8H2,1-4H3,(H2,15,16,18). The van der Waals surface area contributed by atoms with Gasteiger partial charge in [-0.25, -0.2) is 4.79 Å². The normalized spacial score (nSPS) is 12.5. The lowest BCUT2D eigenvalue weighted by molar-refractivity contribution is 0.206. The summed E-state index contributed by atoms with van der Waals surface area (Å²) in [6.45, 7) is 8.24. The van der Waals surface area contributed by atoms with Crippen molar-refractivity contribution in [1.29, 1.82) is 0 Å². The number of carbonyl (C=O) groups is 1. The number of carbonyl (C=O) groups excluding carboxylic acids is 1. The maximum atomic E-state index is 11.7. The first-order valence-electron chi connectivity index (χ1n) is 6.63. The van der Waals surface area contributed by atoms with Crippen LogP contribution in [-0.2, 0) is 6.54 Å². The molecule has 0 aliphatic heterocycles. The molecule has 1 aromatic rings. The number of aliphatic hydroxyl groups is 1. The van der Waals surface area contributed by atoms with Crippen molar-refractivity contribution in [2.75, 3.05) is 6.61 Å². The van der Waals surface area contributed by atoms with Crippen LogP contribution in [0.25, 0.3) is 0 Å². The van der Waals surface area contributed by atoms with Crippen LogP contribution in [0.4, 0.5) is 4.79 Å². The van der Waals surface area contributed by atoms with Crippen molar-refractivity contribution in [2.45, 2.75) is 46.7 Å². The first-order chi connectivity index (χ1) is 8.92. The summed E-state index contributed by atoms with van der Waals surface area (Å²) in [6.07, 6.45) is 0.758. The van der Waals surface area contributed by atoms with Gasteiger partial charge in [-0.2, -0.15) is 0 Å². The molecule has 108 valence electrons. The summed E-state index contributed by atoms with van der Waals surface area (Å²) < 4.78 is 5.39. The molecule has 0 aliphatic carbocycles. The predicted molar refractivity (Wildman–Crippen MR) is 73.9 cm³/mol. The number of hydrogen-bond donors (Lipinski definition) is 3. The van der Waals surface area contributed by atoms with Gasteiger partial charge in [0.15, 0.2) is 0 Å². The number of nitrogens with one attached hydrogen (secondary N) is 2. The van der Waals surface area contributed by atoms with E-state index in [2.05, 4.69) is 24.5 Å². The Morgan fingerprint density at radius 2 is 2.11 bits per heavy atom. The van der Waals surface area contributed by atoms with Crippen LogP contribution in [0.3, 0.4) is 0 Å². The zero-order valence-corrected chi connectivity index (χ0v) is 12.1. The van der Waals surface area contributed by atoms with E-state index in [1.54, 1.807) is 0 Å². The minimum absolute atomic E-state index is 0.0462. The summed E-state index contributed by atoms with van der Waals surface area (Å²) in [4.78, 5) is 11.7. The molecule has 0 saturated heterocycles. The van der Waals surface area contributed by atoms with Gasteiger partial charge in [0.1, 0.15) is 11.5 Å². The Labute approximate surface area is 114 Å². The van der Waals surface area contributed by atoms with E-state index >= 15 is 0 Å². The van der Waals surface area contributed by atoms with E-state index in [9.17, 15) is 9.90 Å². The zero-order chi connectivity index (χ0) is 14.4. The van der Waals surface area contributed by atoms with Crippen LogP contribution in [0.5, 0.6) is 0 Å². The molecule has 1 aromatic heterocycles. The number of urea groups is 1. The highest BCUT2D eigenvalue weighted by atomic mass is 16.3. The van der Waals surface area contributed by atoms with Crippen LogP contribution < -0.4 is 10.6 Å². The van der Waals surface area contributed by atoms with Gasteiger partial charge in [0.25, 0.3) is 0 Å². The number of aliphatic hydroxyl groups excluding tert-OH is 1. The van der Waals surface area contributed by atoms with Gasteiger partial charge in [-0.05, 0) is 32.3 Å². The zero-order valence-electron chi connectivity index (χ0n) is 12.1. The summed E-state index contributed by atoms with van der Waals surface area (Å²) in [7, 11) is 0. The fourth-order valence-electron chi connectivity index (χ4n) is 2.02. The molecule has 5 nitrogen and oxygen atoms in total. The molecule has 1 atom stereocenters. The Balaban J connectivity index is 2.40. The number of amides is 2. The molecule has 1 unspecified atom stereocenters. The van der Waals surface area contributed by atoms with Crippen LogP contribution in [0.15, 0.2) is 10.5 Å². The molecule has 0 aliphatic rings. The second-order valence-corrected chi connectivity index (χ2v) is 5.27. The van der Waals surface area contributed by atoms with Gasteiger partial charge in [0.2, 0.25) is 0 Å². The van der Waals surface area contributed by atoms with Crippen LogP contribution in [0.1, 0.15) is 37.4 Å². The molecule has 0 bridgehead atoms. The summed E-state index contributed by atoms with van der Waals surface area (Å²) in [5.74, 6) is 2.08. The van der Waals surface area contributed by atoms with Gasteiger partial charge in [0, 0.05) is 12.1 Å². The molecule has 0 aromatic carbocycles. The largest absolute Gasteiger partial charge is 0.466 e. The maximum absolute atomic E-state index is 11.7. The molecule has 19 heavy (non-hydrogen) atoms. The molecule has 0 saturated carbocycles. The molecule has 5 heteroatoms. The van der Waals surface area contributed by atoms with E-state index in [0.717, 1.165) is 23.5 Å². The van der Waals surface area contributed by atoms with Crippen molar-refractivity contribution in [1.82, 2.24) is 10.6 Å². The Bertz CT molecular complexity index is 413. The third-order valence-corrected chi connectivity index (χ3v) is 2.89. The lowest BCUT2D eigenvalue weighted by atomic mass is 10.0. The van der Waals surface area contributed by atoms with E-state index in [-0.39, 0.29) is 18.7 Å². The summed E-state index contributed by atoms with van der Waals surface area (Å²) in [5.41, 5.74) is 0.969. The Morgan fingerprint density at radius 1 is 1.42 bits per heavy atom. The first kappa shape index (κ1) is 15.6. The van der Waals surface area contributed by atoms with Crippen molar-refractivity contribution in [2.24, 2.45) is 5.92 Å². The van der Waals surface area contributed by atoms with Gasteiger partial charge in [-0.1, -0.05) is 13.8 Å². The summed E-state index contributed by atoms with van der Waals surface area (Å²) in [6, 6.07) is 1.44. The van der Waals surface area contributed by atoms with Gasteiger partial charge in [-0.3, -0.25) is 0 Å². The second kappa shape index (κ2) is 7.19. The van der Waals surface area contributed by atoms with Crippen LogP contribution in [0, 0.1) is 19.8 Å². The average molecular weight is 268 g/mol. The van der Waals surface area contributed by atoms with Gasteiger partial charge in [-0.15, -0.1) is 0 Å². The fraction of sp³-hybridized carbons (Fsp3) is 0.643. The number of aryl methyl sites for hydroxylation is 2. The molecule has 0 fully saturated rings. The number of hydrogen-bond acceptors (Lipinski definition) is 3. The van der Waals surface area contributed by atoms with Crippen molar-refractivity contribution in [3.8, 4) is 0 Å². The second-order valence-electron chi connectivity index (χ2n) is 5.27. The Morgan fingerprint density at radius 3 is 2.58 bits per heavy atom. The van der Waals surface area contributed by atoms with E-state index < -0.39 is 0 Å². The molecule has 1 rings (SSSR count). The minimum atomic E-state index is -0.266. The molecular weight excluding hydrogens is 244 g/mol. The van der Waals surface area contributed by atoms with Crippen LogP contribution >= 0.6 is 0 Å². The molecular formula is C14H24N2O3. The highest BCUT2D eigenvalue weighted by Crippen LogP contribution is 2.13. The fourth-order valence-corrected chi connectivity index (χ4v) is 2.02. The molecule has 0 spiro atoms. The summed E-state index contributed by atoms with van der Waals surface area (Å²) >= 11 is 0. The smallest absolute Gasteiger partial charge is 0.315 e. The van der Waals surface area contributed by atoms with E-state index in [1.807, 2.05) is 19.9 Å². The topological polar surface area (TPSA) is 74.5 Å². The third kappa shape index (κ3) is 5.34. The predicted octanol–water partition coefficient (Wildman–Crippen LogP) is 2.10. The molecule has 1 heterocycles. The number of furan rings is 1. The van der Waals surface area contributed by atoms with Crippen molar-refractivity contribution in [3.05, 3.63) is 23.2 Å². The van der Waals surface area contributed by atoms with E-state index in [0.29, 0.717) is 12.5 Å². The van der Waals surface area contributed by atoms with Gasteiger partial charge < -0.3 is 20.2 Å². The highest BCUT2D eigenvalue weighted by molar-refractivity contribution is 5.74. The monoisotopic (exact) mass is 268 g/mol. The highest BCUT2D eigenvalue weighted by Gasteiger charge is 2.13. The van der Waals surface area contributed by atoms with Crippen molar-refractivity contribution >= 4 is 6.03 Å². The lowest BCUT2D eigenvalue weighted by Crippen LogP contribution is -2.44. The summed E-state index contributed by atoms with van der Waals surface area (Å²) in [5, 5.41) is 14.7. The Kier molecular flexibility index (Phi) is 5.89. The number of rotatable bonds is 6. The lowest BCUT2D eigenvalue weighted by Gasteiger charge is -2.18. The molecule has 3 N–H and O–H groups in total. The van der Waals surface area contributed by atoms with Crippen LogP contribution in [0.2, 0.25) is 0 Å².